The van der Waals surface area contributed by atoms with Gasteiger partial charge in [0.1, 0.15) is 17.6 Å². The van der Waals surface area contributed by atoms with Crippen LogP contribution in [0.5, 0.6) is 11.5 Å². The highest BCUT2D eigenvalue weighted by Gasteiger charge is 2.19. The summed E-state index contributed by atoms with van der Waals surface area (Å²) < 4.78 is 11.3. The van der Waals surface area contributed by atoms with Crippen LogP contribution < -0.4 is 9.47 Å². The fourth-order valence-corrected chi connectivity index (χ4v) is 2.59. The zero-order valence-corrected chi connectivity index (χ0v) is 13.4. The second kappa shape index (κ2) is 6.48. The predicted molar refractivity (Wildman–Crippen MR) is 82.8 cm³/mol. The van der Waals surface area contributed by atoms with Crippen LogP contribution in [-0.4, -0.2) is 19.3 Å². The zero-order valence-electron chi connectivity index (χ0n) is 11.1. The average Bonchev–Trinajstić information content (AvgIpc) is 2.48. The van der Waals surface area contributed by atoms with E-state index in [0.29, 0.717) is 27.6 Å². The van der Waals surface area contributed by atoms with Crippen molar-refractivity contribution in [3.8, 4) is 11.5 Å². The highest BCUT2D eigenvalue weighted by atomic mass is 79.9. The van der Waals surface area contributed by atoms with Crippen LogP contribution >= 0.6 is 27.5 Å². The van der Waals surface area contributed by atoms with Crippen molar-refractivity contribution in [1.29, 1.82) is 0 Å². The molecule has 0 saturated carbocycles. The minimum Gasteiger partial charge on any atom is -0.497 e. The number of benzene rings is 2. The molecule has 0 heterocycles. The van der Waals surface area contributed by atoms with Gasteiger partial charge in [-0.2, -0.15) is 0 Å². The van der Waals surface area contributed by atoms with Crippen molar-refractivity contribution in [1.82, 2.24) is 0 Å². The number of ether oxygens (including phenoxy) is 2. The third-order valence-corrected chi connectivity index (χ3v) is 3.94. The molecule has 0 saturated heterocycles. The van der Waals surface area contributed by atoms with Crippen LogP contribution in [0.15, 0.2) is 40.9 Å². The smallest absolute Gasteiger partial charge is 0.125 e. The third-order valence-electron chi connectivity index (χ3n) is 2.98. The Hall–Kier alpha value is -1.23. The molecule has 20 heavy (non-hydrogen) atoms. The van der Waals surface area contributed by atoms with Crippen LogP contribution in [0, 0.1) is 0 Å². The summed E-state index contributed by atoms with van der Waals surface area (Å²) in [5.41, 5.74) is 1.29. The van der Waals surface area contributed by atoms with Crippen molar-refractivity contribution in [3.05, 3.63) is 57.0 Å². The van der Waals surface area contributed by atoms with Gasteiger partial charge in [0.05, 0.1) is 14.2 Å². The second-order valence-corrected chi connectivity index (χ2v) is 5.47. The second-order valence-electron chi connectivity index (χ2n) is 4.18. The molecule has 0 fully saturated rings. The molecule has 0 spiro atoms. The fourth-order valence-electron chi connectivity index (χ4n) is 1.94. The third kappa shape index (κ3) is 3.08. The first-order valence-electron chi connectivity index (χ1n) is 5.91. The van der Waals surface area contributed by atoms with Gasteiger partial charge in [0.15, 0.2) is 0 Å². The molecule has 2 rings (SSSR count). The maximum atomic E-state index is 10.6. The van der Waals surface area contributed by atoms with E-state index in [0.717, 1.165) is 4.47 Å². The van der Waals surface area contributed by atoms with Gasteiger partial charge in [0, 0.05) is 20.6 Å². The molecule has 2 aromatic rings. The van der Waals surface area contributed by atoms with Gasteiger partial charge in [-0.05, 0) is 36.4 Å². The van der Waals surface area contributed by atoms with E-state index < -0.39 is 6.10 Å². The first-order valence-corrected chi connectivity index (χ1v) is 7.09. The lowest BCUT2D eigenvalue weighted by Gasteiger charge is -2.17. The Bertz CT molecular complexity index is 616. The summed E-state index contributed by atoms with van der Waals surface area (Å²) in [7, 11) is 3.14. The van der Waals surface area contributed by atoms with Gasteiger partial charge in [-0.25, -0.2) is 0 Å². The first kappa shape index (κ1) is 15.2. The molecule has 0 aliphatic carbocycles. The van der Waals surface area contributed by atoms with E-state index in [9.17, 15) is 5.11 Å². The molecule has 0 amide bonds. The van der Waals surface area contributed by atoms with E-state index in [4.69, 9.17) is 21.1 Å². The topological polar surface area (TPSA) is 38.7 Å². The molecule has 1 unspecified atom stereocenters. The average molecular weight is 358 g/mol. The number of aliphatic hydroxyl groups excluding tert-OH is 1. The molecule has 5 heteroatoms. The Balaban J connectivity index is 2.51. The van der Waals surface area contributed by atoms with E-state index in [1.807, 2.05) is 0 Å². The lowest BCUT2D eigenvalue weighted by atomic mass is 10.0. The Morgan fingerprint density at radius 2 is 1.80 bits per heavy atom. The highest BCUT2D eigenvalue weighted by Crippen LogP contribution is 2.36. The van der Waals surface area contributed by atoms with E-state index in [-0.39, 0.29) is 0 Å². The van der Waals surface area contributed by atoms with Crippen molar-refractivity contribution >= 4 is 27.5 Å². The largest absolute Gasteiger partial charge is 0.497 e. The van der Waals surface area contributed by atoms with Crippen molar-refractivity contribution in [2.75, 3.05) is 14.2 Å². The van der Waals surface area contributed by atoms with Crippen molar-refractivity contribution < 1.29 is 14.6 Å². The van der Waals surface area contributed by atoms with Crippen LogP contribution in [0.4, 0.5) is 0 Å². The Labute approximate surface area is 131 Å². The van der Waals surface area contributed by atoms with Gasteiger partial charge in [0.2, 0.25) is 0 Å². The summed E-state index contributed by atoms with van der Waals surface area (Å²) in [6.45, 7) is 0. The Kier molecular flexibility index (Phi) is 4.91. The number of hydrogen-bond donors (Lipinski definition) is 1. The highest BCUT2D eigenvalue weighted by molar-refractivity contribution is 9.10. The van der Waals surface area contributed by atoms with Crippen LogP contribution in [0.2, 0.25) is 5.02 Å². The summed E-state index contributed by atoms with van der Waals surface area (Å²) in [5, 5.41) is 11.2. The standard InChI is InChI=1S/C15H14BrClO3/c1-19-10-4-6-14(20-2)12(8-10)15(18)11-7-9(17)3-5-13(11)16/h3-8,15,18H,1-2H3. The maximum absolute atomic E-state index is 10.6. The van der Waals surface area contributed by atoms with E-state index >= 15 is 0 Å². The first-order chi connectivity index (χ1) is 9.56. The summed E-state index contributed by atoms with van der Waals surface area (Å²) in [6.07, 6.45) is -0.867. The van der Waals surface area contributed by atoms with Crippen LogP contribution in [-0.2, 0) is 0 Å². The molecule has 1 N–H and O–H groups in total. The van der Waals surface area contributed by atoms with Crippen LogP contribution in [0.25, 0.3) is 0 Å². The maximum Gasteiger partial charge on any atom is 0.125 e. The zero-order chi connectivity index (χ0) is 14.7. The normalized spacial score (nSPS) is 12.1. The molecule has 2 aromatic carbocycles. The molecule has 1 atom stereocenters. The minimum absolute atomic E-state index is 0.559. The summed E-state index contributed by atoms with van der Waals surface area (Å²) in [4.78, 5) is 0. The van der Waals surface area contributed by atoms with Gasteiger partial charge in [-0.1, -0.05) is 27.5 Å². The summed E-state index contributed by atoms with van der Waals surface area (Å²) >= 11 is 9.41. The van der Waals surface area contributed by atoms with Gasteiger partial charge in [-0.15, -0.1) is 0 Å². The molecular formula is C15H14BrClO3. The molecule has 0 bridgehead atoms. The molecule has 0 aliphatic rings. The number of halogens is 2. The van der Waals surface area contributed by atoms with E-state index in [2.05, 4.69) is 15.9 Å². The molecule has 0 radical (unpaired) electrons. The van der Waals surface area contributed by atoms with Gasteiger partial charge in [0.25, 0.3) is 0 Å². The number of aliphatic hydroxyl groups is 1. The SMILES string of the molecule is COc1ccc(OC)c(C(O)c2cc(Cl)ccc2Br)c1. The number of rotatable bonds is 4. The lowest BCUT2D eigenvalue weighted by molar-refractivity contribution is 0.213. The molecular weight excluding hydrogens is 344 g/mol. The number of methoxy groups -OCH3 is 2. The van der Waals surface area contributed by atoms with Crippen molar-refractivity contribution in [2.24, 2.45) is 0 Å². The predicted octanol–water partition coefficient (Wildman–Crippen LogP) is 4.20. The van der Waals surface area contributed by atoms with E-state index in [1.165, 1.54) is 0 Å². The van der Waals surface area contributed by atoms with Crippen molar-refractivity contribution in [3.63, 3.8) is 0 Å². The molecule has 3 nitrogen and oxygen atoms in total. The van der Waals surface area contributed by atoms with E-state index in [1.54, 1.807) is 50.6 Å². The number of hydrogen-bond acceptors (Lipinski definition) is 3. The van der Waals surface area contributed by atoms with Gasteiger partial charge in [-0.3, -0.25) is 0 Å². The van der Waals surface area contributed by atoms with Crippen molar-refractivity contribution in [2.45, 2.75) is 6.10 Å². The fraction of sp³-hybridized carbons (Fsp3) is 0.200. The lowest BCUT2D eigenvalue weighted by Crippen LogP contribution is -2.04. The molecule has 0 aromatic heterocycles. The molecule has 0 aliphatic heterocycles. The molecule has 106 valence electrons. The van der Waals surface area contributed by atoms with Crippen LogP contribution in [0.3, 0.4) is 0 Å². The minimum atomic E-state index is -0.867. The summed E-state index contributed by atoms with van der Waals surface area (Å²) in [5.74, 6) is 1.24. The quantitative estimate of drug-likeness (QED) is 0.891. The monoisotopic (exact) mass is 356 g/mol. The Morgan fingerprint density at radius 1 is 1.05 bits per heavy atom. The summed E-state index contributed by atoms with van der Waals surface area (Å²) in [6, 6.07) is 10.6. The van der Waals surface area contributed by atoms with Gasteiger partial charge >= 0.3 is 0 Å². The van der Waals surface area contributed by atoms with Crippen LogP contribution in [0.1, 0.15) is 17.2 Å². The Morgan fingerprint density at radius 3 is 2.45 bits per heavy atom. The van der Waals surface area contributed by atoms with Gasteiger partial charge < -0.3 is 14.6 Å².